The van der Waals surface area contributed by atoms with Crippen LogP contribution in [0.2, 0.25) is 0 Å². The van der Waals surface area contributed by atoms with Gasteiger partial charge in [-0.3, -0.25) is 0 Å². The zero-order chi connectivity index (χ0) is 15.4. The molecule has 19 heavy (non-hydrogen) atoms. The molecule has 1 N–H and O–H groups in total. The summed E-state index contributed by atoms with van der Waals surface area (Å²) in [6.07, 6.45) is 1.70. The number of hydrogen-bond donors (Lipinski definition) is 1. The zero-order valence-corrected chi connectivity index (χ0v) is 11.8. The number of rotatable bonds is 4. The largest absolute Gasteiger partial charge is 0.478 e. The molecule has 0 amide bonds. The first kappa shape index (κ1) is 19.5. The SMILES string of the molecule is C=C.C=C(C)C(=O)OCC1CO1.CC=C(C)C(=O)O. The molecule has 0 spiro atoms. The first-order valence-corrected chi connectivity index (χ1v) is 5.69. The third-order valence-corrected chi connectivity index (χ3v) is 1.92. The molecule has 0 aromatic heterocycles. The van der Waals surface area contributed by atoms with Crippen LogP contribution in [0.3, 0.4) is 0 Å². The lowest BCUT2D eigenvalue weighted by Crippen LogP contribution is -2.09. The van der Waals surface area contributed by atoms with Crippen LogP contribution in [0.4, 0.5) is 0 Å². The number of carboxylic acids is 1. The lowest BCUT2D eigenvalue weighted by molar-refractivity contribution is -0.139. The van der Waals surface area contributed by atoms with Gasteiger partial charge in [0.2, 0.25) is 0 Å². The highest BCUT2D eigenvalue weighted by Crippen LogP contribution is 2.09. The van der Waals surface area contributed by atoms with Crippen LogP contribution < -0.4 is 0 Å². The van der Waals surface area contributed by atoms with Crippen LogP contribution in [0.25, 0.3) is 0 Å². The fourth-order valence-electron chi connectivity index (χ4n) is 0.580. The molecule has 1 aliphatic heterocycles. The van der Waals surface area contributed by atoms with Crippen molar-refractivity contribution in [3.8, 4) is 0 Å². The van der Waals surface area contributed by atoms with Crippen molar-refractivity contribution >= 4 is 11.9 Å². The van der Waals surface area contributed by atoms with Gasteiger partial charge < -0.3 is 14.6 Å². The van der Waals surface area contributed by atoms with Crippen molar-refractivity contribution < 1.29 is 24.2 Å². The smallest absolute Gasteiger partial charge is 0.333 e. The summed E-state index contributed by atoms with van der Waals surface area (Å²) in [5.41, 5.74) is 0.820. The molecule has 5 nitrogen and oxygen atoms in total. The van der Waals surface area contributed by atoms with Gasteiger partial charge in [-0.15, -0.1) is 13.2 Å². The first-order chi connectivity index (χ1) is 8.88. The Morgan fingerprint density at radius 3 is 2.11 bits per heavy atom. The van der Waals surface area contributed by atoms with Crippen LogP contribution in [0.1, 0.15) is 20.8 Å². The van der Waals surface area contributed by atoms with E-state index in [2.05, 4.69) is 19.7 Å². The van der Waals surface area contributed by atoms with E-state index in [1.165, 1.54) is 0 Å². The van der Waals surface area contributed by atoms with Crippen molar-refractivity contribution in [1.82, 2.24) is 0 Å². The minimum absolute atomic E-state index is 0.142. The standard InChI is InChI=1S/C7H10O3.C5H8O2.C2H4/c1-5(2)7(8)10-4-6-3-9-6;1-3-4(2)5(6)7;1-2/h6H,1,3-4H2,2H3;3H,1-2H3,(H,6,7);1-2H2. The van der Waals surface area contributed by atoms with Crippen LogP contribution >= 0.6 is 0 Å². The Morgan fingerprint density at radius 1 is 1.42 bits per heavy atom. The fraction of sp³-hybridized carbons (Fsp3) is 0.429. The third-order valence-electron chi connectivity index (χ3n) is 1.92. The maximum Gasteiger partial charge on any atom is 0.333 e. The molecular formula is C14H22O5. The summed E-state index contributed by atoms with van der Waals surface area (Å²) in [4.78, 5) is 20.6. The van der Waals surface area contributed by atoms with Crippen LogP contribution in [0.5, 0.6) is 0 Å². The summed E-state index contributed by atoms with van der Waals surface area (Å²) in [5, 5.41) is 8.11. The second-order valence-electron chi connectivity index (χ2n) is 3.61. The summed E-state index contributed by atoms with van der Waals surface area (Å²) < 4.78 is 9.60. The van der Waals surface area contributed by atoms with Crippen molar-refractivity contribution in [1.29, 1.82) is 0 Å². The molecule has 0 aromatic carbocycles. The van der Waals surface area contributed by atoms with Crippen LogP contribution in [-0.2, 0) is 19.1 Å². The lowest BCUT2D eigenvalue weighted by Gasteiger charge is -1.99. The van der Waals surface area contributed by atoms with E-state index in [0.717, 1.165) is 0 Å². The van der Waals surface area contributed by atoms with Crippen molar-refractivity contribution in [3.05, 3.63) is 37.0 Å². The maximum absolute atomic E-state index is 10.7. The second-order valence-corrected chi connectivity index (χ2v) is 3.61. The third kappa shape index (κ3) is 12.4. The van der Waals surface area contributed by atoms with Crippen LogP contribution in [-0.4, -0.2) is 36.4 Å². The average molecular weight is 270 g/mol. The molecule has 1 unspecified atom stereocenters. The minimum atomic E-state index is -0.845. The summed E-state index contributed by atoms with van der Waals surface area (Å²) in [7, 11) is 0. The van der Waals surface area contributed by atoms with Crippen LogP contribution in [0.15, 0.2) is 37.0 Å². The molecule has 0 aliphatic carbocycles. The number of aliphatic carboxylic acids is 1. The summed E-state index contributed by atoms with van der Waals surface area (Å²) in [5.74, 6) is -1.18. The van der Waals surface area contributed by atoms with E-state index in [4.69, 9.17) is 14.6 Å². The quantitative estimate of drug-likeness (QED) is 0.367. The molecule has 108 valence electrons. The Hall–Kier alpha value is -1.88. The highest BCUT2D eigenvalue weighted by Gasteiger charge is 2.24. The summed E-state index contributed by atoms with van der Waals surface area (Å²) in [6.45, 7) is 15.4. The number of carbonyl (C=O) groups excluding carboxylic acids is 1. The monoisotopic (exact) mass is 270 g/mol. The van der Waals surface area contributed by atoms with Crippen molar-refractivity contribution in [2.45, 2.75) is 26.9 Å². The molecular weight excluding hydrogens is 248 g/mol. The van der Waals surface area contributed by atoms with Gasteiger partial charge in [0.05, 0.1) is 6.61 Å². The summed E-state index contributed by atoms with van der Waals surface area (Å²) >= 11 is 0. The number of esters is 1. The van der Waals surface area contributed by atoms with Gasteiger partial charge in [-0.25, -0.2) is 9.59 Å². The fourth-order valence-corrected chi connectivity index (χ4v) is 0.580. The molecule has 0 aromatic rings. The zero-order valence-electron chi connectivity index (χ0n) is 11.8. The molecule has 0 radical (unpaired) electrons. The van der Waals surface area contributed by atoms with E-state index in [-0.39, 0.29) is 12.1 Å². The maximum atomic E-state index is 10.7. The lowest BCUT2D eigenvalue weighted by atomic mass is 10.3. The van der Waals surface area contributed by atoms with Crippen molar-refractivity contribution in [2.75, 3.05) is 13.2 Å². The Labute approximate surface area is 114 Å². The number of carbonyl (C=O) groups is 2. The van der Waals surface area contributed by atoms with Gasteiger partial charge in [-0.05, 0) is 20.8 Å². The highest BCUT2D eigenvalue weighted by molar-refractivity contribution is 5.87. The van der Waals surface area contributed by atoms with Gasteiger partial charge in [0, 0.05) is 11.1 Å². The van der Waals surface area contributed by atoms with E-state index in [9.17, 15) is 9.59 Å². The Morgan fingerprint density at radius 2 is 1.89 bits per heavy atom. The molecule has 1 atom stereocenters. The van der Waals surface area contributed by atoms with Gasteiger partial charge in [-0.2, -0.15) is 0 Å². The molecule has 1 saturated heterocycles. The molecule has 1 fully saturated rings. The van der Waals surface area contributed by atoms with Gasteiger partial charge in [-0.1, -0.05) is 12.7 Å². The van der Waals surface area contributed by atoms with Crippen molar-refractivity contribution in [3.63, 3.8) is 0 Å². The molecule has 1 aliphatic rings. The van der Waals surface area contributed by atoms with E-state index >= 15 is 0 Å². The van der Waals surface area contributed by atoms with Gasteiger partial charge in [0.25, 0.3) is 0 Å². The molecule has 0 bridgehead atoms. The van der Waals surface area contributed by atoms with E-state index in [1.807, 2.05) is 0 Å². The predicted molar refractivity (Wildman–Crippen MR) is 73.8 cm³/mol. The Bertz CT molecular complexity index is 340. The normalized spacial score (nSPS) is 15.9. The number of carboxylic acid groups (broad SMARTS) is 1. The molecule has 1 rings (SSSR count). The molecule has 1 heterocycles. The average Bonchev–Trinajstić information content (AvgIpc) is 3.21. The number of hydrogen-bond acceptors (Lipinski definition) is 4. The number of allylic oxidation sites excluding steroid dienone is 1. The Kier molecular flexibility index (Phi) is 11.5. The van der Waals surface area contributed by atoms with Gasteiger partial charge >= 0.3 is 11.9 Å². The molecule has 5 heteroatoms. The summed E-state index contributed by atoms with van der Waals surface area (Å²) in [6, 6.07) is 0. The molecule has 0 saturated carbocycles. The Balaban J connectivity index is 0. The van der Waals surface area contributed by atoms with Crippen LogP contribution in [0, 0.1) is 0 Å². The number of epoxide rings is 1. The number of ether oxygens (including phenoxy) is 2. The van der Waals surface area contributed by atoms with E-state index in [0.29, 0.717) is 24.4 Å². The van der Waals surface area contributed by atoms with E-state index in [1.54, 1.807) is 26.8 Å². The van der Waals surface area contributed by atoms with Crippen molar-refractivity contribution in [2.24, 2.45) is 0 Å². The topological polar surface area (TPSA) is 76.1 Å². The first-order valence-electron chi connectivity index (χ1n) is 5.69. The second kappa shape index (κ2) is 11.2. The van der Waals surface area contributed by atoms with Gasteiger partial charge in [0.15, 0.2) is 0 Å². The predicted octanol–water partition coefficient (Wildman–Crippen LogP) is 2.34. The minimum Gasteiger partial charge on any atom is -0.478 e. The van der Waals surface area contributed by atoms with E-state index < -0.39 is 5.97 Å². The highest BCUT2D eigenvalue weighted by atomic mass is 16.6. The van der Waals surface area contributed by atoms with Gasteiger partial charge in [0.1, 0.15) is 12.7 Å².